The summed E-state index contributed by atoms with van der Waals surface area (Å²) in [6, 6.07) is 44.0. The topological polar surface area (TPSA) is 51.8 Å². The van der Waals surface area contributed by atoms with Crippen molar-refractivity contribution in [3.63, 3.8) is 0 Å². The van der Waals surface area contributed by atoms with E-state index in [-0.39, 0.29) is 0 Å². The molecule has 0 saturated heterocycles. The lowest BCUT2D eigenvalue weighted by atomic mass is 9.90. The van der Waals surface area contributed by atoms with Crippen LogP contribution in [0.5, 0.6) is 0 Å². The van der Waals surface area contributed by atoms with Crippen LogP contribution in [0.25, 0.3) is 77.4 Å². The quantitative estimate of drug-likeness (QED) is 0.195. The largest absolute Gasteiger partial charge is 0.456 e. The number of rotatable bonds is 4. The highest BCUT2D eigenvalue weighted by Crippen LogP contribution is 2.39. The van der Waals surface area contributed by atoms with Crippen molar-refractivity contribution in [1.82, 2.24) is 15.0 Å². The summed E-state index contributed by atoms with van der Waals surface area (Å²) in [7, 11) is 0. The van der Waals surface area contributed by atoms with Gasteiger partial charge in [0.05, 0.1) is 0 Å². The number of benzene rings is 6. The Morgan fingerprint density at radius 1 is 0.511 bits per heavy atom. The predicted molar refractivity (Wildman–Crippen MR) is 185 cm³/mol. The first-order chi connectivity index (χ1) is 22.3. The Kier molecular flexibility index (Phi) is 5.91. The average molecular weight is 578 g/mol. The van der Waals surface area contributed by atoms with E-state index in [2.05, 4.69) is 109 Å². The Labute approximate surface area is 260 Å². The van der Waals surface area contributed by atoms with E-state index >= 15 is 0 Å². The van der Waals surface area contributed by atoms with Crippen molar-refractivity contribution in [1.29, 1.82) is 0 Å². The molecule has 8 aromatic rings. The van der Waals surface area contributed by atoms with Crippen molar-refractivity contribution in [3.8, 4) is 22.8 Å². The molecule has 0 fully saturated rings. The maximum Gasteiger partial charge on any atom is 0.164 e. The van der Waals surface area contributed by atoms with Crippen molar-refractivity contribution in [2.75, 3.05) is 0 Å². The molecule has 9 rings (SSSR count). The first-order valence-corrected chi connectivity index (χ1v) is 15.3. The van der Waals surface area contributed by atoms with Gasteiger partial charge in [-0.2, -0.15) is 0 Å². The SMILES string of the molecule is C1=C(c2nc(-c3ccccc3)nc(-c3cc4ccccc4c4ccccc34)n2)C=C(c2cccc3oc4ccccc4c23)CC1. The Morgan fingerprint density at radius 3 is 2.09 bits per heavy atom. The molecule has 45 heavy (non-hydrogen) atoms. The zero-order valence-electron chi connectivity index (χ0n) is 24.4. The first kappa shape index (κ1) is 25.6. The molecule has 0 spiro atoms. The van der Waals surface area contributed by atoms with Crippen LogP contribution in [-0.4, -0.2) is 15.0 Å². The van der Waals surface area contributed by atoms with Gasteiger partial charge in [0.25, 0.3) is 0 Å². The van der Waals surface area contributed by atoms with Gasteiger partial charge in [-0.1, -0.05) is 115 Å². The average Bonchev–Trinajstić information content (AvgIpc) is 3.51. The second kappa shape index (κ2) is 10.4. The van der Waals surface area contributed by atoms with E-state index in [9.17, 15) is 0 Å². The van der Waals surface area contributed by atoms with Gasteiger partial charge in [0.15, 0.2) is 17.5 Å². The van der Waals surface area contributed by atoms with Gasteiger partial charge in [-0.25, -0.2) is 15.0 Å². The summed E-state index contributed by atoms with van der Waals surface area (Å²) in [5.41, 5.74) is 7.23. The lowest BCUT2D eigenvalue weighted by Gasteiger charge is -2.16. The van der Waals surface area contributed by atoms with E-state index in [4.69, 9.17) is 19.4 Å². The second-order valence-electron chi connectivity index (χ2n) is 11.5. The molecule has 2 heterocycles. The van der Waals surface area contributed by atoms with Gasteiger partial charge in [-0.05, 0) is 69.8 Å². The van der Waals surface area contributed by atoms with Gasteiger partial charge < -0.3 is 4.42 Å². The third-order valence-electron chi connectivity index (χ3n) is 8.79. The minimum atomic E-state index is 0.664. The van der Waals surface area contributed by atoms with Crippen LogP contribution >= 0.6 is 0 Å². The van der Waals surface area contributed by atoms with Crippen molar-refractivity contribution in [2.45, 2.75) is 12.8 Å². The molecule has 0 atom stereocenters. The molecule has 0 saturated carbocycles. The molecule has 1 aliphatic carbocycles. The molecule has 0 N–H and O–H groups in total. The molecular formula is C41H27N3O. The maximum atomic E-state index is 6.22. The standard InChI is InChI=1S/C41H27N3O/c1-2-12-26(13-3-1)39-42-40(44-41(43-39)35-25-28-14-4-5-17-30(28)32-18-6-7-19-33(32)35)29-16-10-15-27(24-29)31-21-11-23-37-38(31)34-20-8-9-22-36(34)45-37/h1-9,11-14,16-25H,10,15H2. The summed E-state index contributed by atoms with van der Waals surface area (Å²) in [5.74, 6) is 2.01. The fourth-order valence-corrected chi connectivity index (χ4v) is 6.69. The van der Waals surface area contributed by atoms with Gasteiger partial charge in [-0.3, -0.25) is 0 Å². The zero-order valence-corrected chi connectivity index (χ0v) is 24.4. The highest BCUT2D eigenvalue weighted by Gasteiger charge is 2.20. The molecule has 0 radical (unpaired) electrons. The Balaban J connectivity index is 1.25. The van der Waals surface area contributed by atoms with Crippen molar-refractivity contribution in [2.24, 2.45) is 0 Å². The van der Waals surface area contributed by atoms with Gasteiger partial charge in [0, 0.05) is 27.5 Å². The third-order valence-corrected chi connectivity index (χ3v) is 8.79. The van der Waals surface area contributed by atoms with Crippen LogP contribution in [-0.2, 0) is 0 Å². The van der Waals surface area contributed by atoms with E-state index in [1.807, 2.05) is 30.3 Å². The Morgan fingerprint density at radius 2 is 1.20 bits per heavy atom. The highest BCUT2D eigenvalue weighted by atomic mass is 16.3. The number of allylic oxidation sites excluding steroid dienone is 4. The number of fused-ring (bicyclic) bond motifs is 6. The van der Waals surface area contributed by atoms with Crippen molar-refractivity contribution >= 4 is 54.6 Å². The van der Waals surface area contributed by atoms with Gasteiger partial charge in [-0.15, -0.1) is 0 Å². The monoisotopic (exact) mass is 577 g/mol. The van der Waals surface area contributed by atoms with Gasteiger partial charge in [0.2, 0.25) is 0 Å². The van der Waals surface area contributed by atoms with Gasteiger partial charge >= 0.3 is 0 Å². The molecule has 0 unspecified atom stereocenters. The summed E-state index contributed by atoms with van der Waals surface area (Å²) in [6.07, 6.45) is 6.34. The molecule has 4 nitrogen and oxygen atoms in total. The number of para-hydroxylation sites is 1. The Bertz CT molecular complexity index is 2490. The van der Waals surface area contributed by atoms with Crippen molar-refractivity contribution < 1.29 is 4.42 Å². The molecule has 4 heteroatoms. The van der Waals surface area contributed by atoms with E-state index in [0.717, 1.165) is 62.3 Å². The summed E-state index contributed by atoms with van der Waals surface area (Å²) < 4.78 is 6.22. The highest BCUT2D eigenvalue weighted by molar-refractivity contribution is 6.13. The van der Waals surface area contributed by atoms with E-state index in [1.165, 1.54) is 21.9 Å². The fraction of sp³-hybridized carbons (Fsp3) is 0.0488. The molecule has 6 aromatic carbocycles. The summed E-state index contributed by atoms with van der Waals surface area (Å²) >= 11 is 0. The maximum absolute atomic E-state index is 6.22. The van der Waals surface area contributed by atoms with Crippen LogP contribution in [0.2, 0.25) is 0 Å². The molecular weight excluding hydrogens is 550 g/mol. The number of hydrogen-bond donors (Lipinski definition) is 0. The minimum absolute atomic E-state index is 0.664. The fourth-order valence-electron chi connectivity index (χ4n) is 6.69. The minimum Gasteiger partial charge on any atom is -0.456 e. The number of aromatic nitrogens is 3. The summed E-state index contributed by atoms with van der Waals surface area (Å²) in [4.78, 5) is 15.3. The molecule has 212 valence electrons. The summed E-state index contributed by atoms with van der Waals surface area (Å²) in [6.45, 7) is 0. The number of hydrogen-bond acceptors (Lipinski definition) is 4. The lowest BCUT2D eigenvalue weighted by Crippen LogP contribution is -2.04. The molecule has 0 amide bonds. The third kappa shape index (κ3) is 4.34. The van der Waals surface area contributed by atoms with Crippen molar-refractivity contribution in [3.05, 3.63) is 151 Å². The van der Waals surface area contributed by atoms with Crippen LogP contribution in [0.1, 0.15) is 24.2 Å². The Hall–Kier alpha value is -5.87. The van der Waals surface area contributed by atoms with E-state index in [1.54, 1.807) is 0 Å². The second-order valence-corrected chi connectivity index (χ2v) is 11.5. The molecule has 0 bridgehead atoms. The zero-order chi connectivity index (χ0) is 29.7. The van der Waals surface area contributed by atoms with E-state index < -0.39 is 0 Å². The lowest BCUT2D eigenvalue weighted by molar-refractivity contribution is 0.669. The normalized spacial score (nSPS) is 13.4. The smallest absolute Gasteiger partial charge is 0.164 e. The van der Waals surface area contributed by atoms with E-state index in [0.29, 0.717) is 17.5 Å². The van der Waals surface area contributed by atoms with Gasteiger partial charge in [0.1, 0.15) is 11.2 Å². The number of nitrogens with zero attached hydrogens (tertiary/aromatic N) is 3. The van der Waals surface area contributed by atoms with Crippen LogP contribution in [0.3, 0.4) is 0 Å². The van der Waals surface area contributed by atoms with Crippen LogP contribution in [0.4, 0.5) is 0 Å². The van der Waals surface area contributed by atoms with Crippen LogP contribution in [0, 0.1) is 0 Å². The number of furan rings is 1. The molecule has 1 aliphatic rings. The first-order valence-electron chi connectivity index (χ1n) is 15.3. The summed E-state index contributed by atoms with van der Waals surface area (Å²) in [5, 5.41) is 6.99. The molecule has 0 aliphatic heterocycles. The van der Waals surface area contributed by atoms with Crippen LogP contribution < -0.4 is 0 Å². The molecule has 2 aromatic heterocycles. The predicted octanol–water partition coefficient (Wildman–Crippen LogP) is 10.7. The van der Waals surface area contributed by atoms with Crippen LogP contribution in [0.15, 0.2) is 144 Å².